The molecule has 0 saturated carbocycles. The van der Waals surface area contributed by atoms with Gasteiger partial charge in [-0.15, -0.1) is 0 Å². The van der Waals surface area contributed by atoms with E-state index in [4.69, 9.17) is 22.6 Å². The van der Waals surface area contributed by atoms with Crippen LogP contribution in [0.5, 0.6) is 0 Å². The minimum atomic E-state index is -2.84. The topological polar surface area (TPSA) is 139 Å². The van der Waals surface area contributed by atoms with Gasteiger partial charge in [0, 0.05) is 20.0 Å². The predicted octanol–water partition coefficient (Wildman–Crippen LogP) is 1.23. The number of hydrogen-bond donors (Lipinski definition) is 4. The number of aliphatic hydroxyl groups excluding tert-OH is 2. The zero-order chi connectivity index (χ0) is 23.8. The molecule has 2 aliphatic rings. The molecule has 7 atom stereocenters. The van der Waals surface area contributed by atoms with Crippen LogP contribution in [-0.2, 0) is 22.6 Å². The van der Waals surface area contributed by atoms with Crippen molar-refractivity contribution >= 4 is 46.9 Å². The van der Waals surface area contributed by atoms with E-state index in [9.17, 15) is 19.9 Å². The molecule has 4 N–H and O–H groups in total. The highest BCUT2D eigenvalue weighted by Gasteiger charge is 2.48. The first-order chi connectivity index (χ1) is 14.1. The van der Waals surface area contributed by atoms with Crippen LogP contribution in [0.1, 0.15) is 0 Å². The Kier molecular flexibility index (Phi) is 8.16. The molecule has 2 aliphatic heterocycles. The molecular formula is C17H31N2O9P3. The Morgan fingerprint density at radius 2 is 1.77 bits per heavy atom. The second-order valence-electron chi connectivity index (χ2n) is 7.60. The number of nitrogens with zero attached hydrogens (tertiary/aromatic N) is 1. The van der Waals surface area contributed by atoms with Crippen LogP contribution in [-0.4, -0.2) is 103 Å². The fourth-order valence-corrected chi connectivity index (χ4v) is 9.92. The molecule has 0 aliphatic carbocycles. The van der Waals surface area contributed by atoms with Crippen molar-refractivity contribution in [3.8, 4) is 0 Å². The molecule has 31 heavy (non-hydrogen) atoms. The number of hydrogen-bond acceptors (Lipinski definition) is 9. The summed E-state index contributed by atoms with van der Waals surface area (Å²) in [5.41, 5.74) is 0.261. The van der Waals surface area contributed by atoms with Crippen LogP contribution in [0.3, 0.4) is 0 Å². The maximum absolute atomic E-state index is 12.3. The van der Waals surface area contributed by atoms with Gasteiger partial charge in [-0.05, 0) is 0 Å². The first-order valence-electron chi connectivity index (χ1n) is 9.04. The van der Waals surface area contributed by atoms with Gasteiger partial charge in [-0.2, -0.15) is 0 Å². The van der Waals surface area contributed by atoms with Crippen molar-refractivity contribution in [1.82, 2.24) is 10.2 Å². The van der Waals surface area contributed by atoms with E-state index < -0.39 is 52.6 Å². The molecule has 14 heteroatoms. The van der Waals surface area contributed by atoms with Gasteiger partial charge in [-0.25, -0.2) is 4.79 Å². The minimum Gasteiger partial charge on any atom is -0.493 e. The summed E-state index contributed by atoms with van der Waals surface area (Å²) in [4.78, 5) is 23.2. The highest BCUT2D eigenvalue weighted by atomic mass is 31.3. The third-order valence-electron chi connectivity index (χ3n) is 4.08. The van der Waals surface area contributed by atoms with E-state index in [2.05, 4.69) is 30.8 Å². The number of amides is 2. The lowest BCUT2D eigenvalue weighted by atomic mass is 10.1. The molecule has 178 valence electrons. The van der Waals surface area contributed by atoms with Gasteiger partial charge >= 0.3 is 6.03 Å². The number of carbonyl (C=O) groups is 1. The van der Waals surface area contributed by atoms with Gasteiger partial charge in [-0.1, -0.05) is 25.5 Å². The van der Waals surface area contributed by atoms with Crippen molar-refractivity contribution < 1.29 is 42.5 Å². The fourth-order valence-electron chi connectivity index (χ4n) is 2.99. The Morgan fingerprint density at radius 1 is 1.16 bits per heavy atom. The summed E-state index contributed by atoms with van der Waals surface area (Å²) in [7, 11) is -6.92. The smallest absolute Gasteiger partial charge is 0.328 e. The number of methoxy groups -OCH3 is 1. The Labute approximate surface area is 182 Å². The Balaban J connectivity index is 2.05. The van der Waals surface area contributed by atoms with Gasteiger partial charge in [0.25, 0.3) is 0 Å². The van der Waals surface area contributed by atoms with Crippen LogP contribution in [0.15, 0.2) is 24.2 Å². The van der Waals surface area contributed by atoms with Crippen molar-refractivity contribution in [1.29, 1.82) is 0 Å². The molecule has 4 unspecified atom stereocenters. The average molecular weight is 500 g/mol. The number of nitrogens with one attached hydrogen (secondary N) is 1. The molecule has 2 amide bonds. The summed E-state index contributed by atoms with van der Waals surface area (Å²) in [5.74, 6) is 0.275. The number of urea groups is 1. The molecule has 1 fully saturated rings. The molecule has 11 nitrogen and oxygen atoms in total. The molecule has 1 saturated heterocycles. The van der Waals surface area contributed by atoms with Gasteiger partial charge in [-0.3, -0.25) is 13.5 Å². The zero-order valence-electron chi connectivity index (χ0n) is 18.0. The molecule has 0 bridgehead atoms. The van der Waals surface area contributed by atoms with E-state index >= 15 is 0 Å². The summed E-state index contributed by atoms with van der Waals surface area (Å²) in [5, 5.41) is 23.3. The van der Waals surface area contributed by atoms with Crippen LogP contribution < -0.4 is 5.32 Å². The molecule has 2 rings (SSSR count). The van der Waals surface area contributed by atoms with Crippen LogP contribution in [0.2, 0.25) is 0 Å². The van der Waals surface area contributed by atoms with Crippen molar-refractivity contribution in [2.24, 2.45) is 0 Å². The Bertz CT molecular complexity index is 899. The van der Waals surface area contributed by atoms with E-state index in [0.717, 1.165) is 4.90 Å². The van der Waals surface area contributed by atoms with Crippen LogP contribution in [0.25, 0.3) is 0 Å². The summed E-state index contributed by atoms with van der Waals surface area (Å²) >= 11 is 0. The zero-order valence-corrected chi connectivity index (χ0v) is 20.7. The number of rotatable bonds is 9. The van der Waals surface area contributed by atoms with Crippen molar-refractivity contribution in [2.75, 3.05) is 33.7 Å². The van der Waals surface area contributed by atoms with E-state index in [-0.39, 0.29) is 18.1 Å². The Morgan fingerprint density at radius 3 is 2.32 bits per heavy atom. The first kappa shape index (κ1) is 26.4. The molecule has 2 heterocycles. The lowest BCUT2D eigenvalue weighted by Crippen LogP contribution is -2.50. The second kappa shape index (κ2) is 9.57. The first-order valence-corrected chi connectivity index (χ1v) is 15.8. The summed E-state index contributed by atoms with van der Waals surface area (Å²) in [6.45, 7) is 8.15. The molecule has 0 spiro atoms. The molecule has 0 aromatic rings. The SMILES string of the molecule is C=C1NC(=O)N([C@@H]2O[C@H](COP(=C)(C)OP(=C)(C)OP(=C)(C)O)C(O)[C@@H]2O)C=C1OC. The quantitative estimate of drug-likeness (QED) is 0.344. The highest BCUT2D eigenvalue weighted by Crippen LogP contribution is 2.66. The monoisotopic (exact) mass is 500 g/mol. The molecule has 0 radical (unpaired) electrons. The van der Waals surface area contributed by atoms with Gasteiger partial charge in [0.15, 0.2) is 12.0 Å². The van der Waals surface area contributed by atoms with Gasteiger partial charge in [0.1, 0.15) is 40.3 Å². The lowest BCUT2D eigenvalue weighted by molar-refractivity contribution is -0.0635. The summed E-state index contributed by atoms with van der Waals surface area (Å²) < 4.78 is 27.8. The van der Waals surface area contributed by atoms with Gasteiger partial charge < -0.3 is 34.4 Å². The van der Waals surface area contributed by atoms with E-state index in [0.29, 0.717) is 0 Å². The minimum absolute atomic E-state index is 0.179. The number of aliphatic hydroxyl groups is 2. The van der Waals surface area contributed by atoms with Gasteiger partial charge in [0.2, 0.25) is 0 Å². The largest absolute Gasteiger partial charge is 0.493 e. The van der Waals surface area contributed by atoms with Crippen LogP contribution in [0, 0.1) is 0 Å². The fraction of sp³-hybridized carbons (Fsp3) is 0.529. The Hall–Kier alpha value is -0.830. The van der Waals surface area contributed by atoms with E-state index in [1.54, 1.807) is 13.3 Å². The van der Waals surface area contributed by atoms with Crippen LogP contribution in [0.4, 0.5) is 4.79 Å². The summed E-state index contributed by atoms with van der Waals surface area (Å²) in [6.07, 6.45) is 7.75. The molecule has 0 aromatic carbocycles. The number of ether oxygens (including phenoxy) is 2. The summed E-state index contributed by atoms with van der Waals surface area (Å²) in [6, 6.07) is -0.597. The maximum Gasteiger partial charge on any atom is 0.328 e. The van der Waals surface area contributed by atoms with Crippen molar-refractivity contribution in [3.63, 3.8) is 0 Å². The standard InChI is InChI=1S/C17H31N2O9P3/c1-11-12(24-2)9-19(17(22)18-11)16-15(21)14(20)13(26-16)10-25-30(5,6)28-31(7,8)27-29(3,4)23/h9,13-16,20-21,23H,1,3,5,7,10H2,2,4,6,8H3,(H,18,22)/t13-,14?,15+,16-,29?,30?,31?/m1/s1. The third-order valence-corrected chi connectivity index (χ3v) is 10.3. The van der Waals surface area contributed by atoms with Crippen LogP contribution >= 0.6 is 22.0 Å². The second-order valence-corrected chi connectivity index (χ2v) is 15.3. The van der Waals surface area contributed by atoms with Crippen molar-refractivity contribution in [3.05, 3.63) is 24.2 Å². The lowest BCUT2D eigenvalue weighted by Gasteiger charge is -2.32. The number of carbonyl (C=O) groups excluding carboxylic acids is 1. The third kappa shape index (κ3) is 7.07. The van der Waals surface area contributed by atoms with E-state index in [1.165, 1.54) is 20.0 Å². The predicted molar refractivity (Wildman–Crippen MR) is 126 cm³/mol. The average Bonchev–Trinajstić information content (AvgIpc) is 2.85. The molecular weight excluding hydrogens is 469 g/mol. The van der Waals surface area contributed by atoms with Gasteiger partial charge in [0.05, 0.1) is 25.6 Å². The van der Waals surface area contributed by atoms with E-state index in [1.807, 2.05) is 0 Å². The maximum atomic E-state index is 12.3. The molecule has 0 aromatic heterocycles. The highest BCUT2D eigenvalue weighted by molar-refractivity contribution is 7.81. The van der Waals surface area contributed by atoms with Crippen molar-refractivity contribution in [2.45, 2.75) is 24.5 Å². The normalized spacial score (nSPS) is 32.5.